The van der Waals surface area contributed by atoms with Crippen LogP contribution < -0.4 is 5.32 Å². The van der Waals surface area contributed by atoms with Crippen molar-refractivity contribution in [3.63, 3.8) is 0 Å². The third kappa shape index (κ3) is 5.16. The summed E-state index contributed by atoms with van der Waals surface area (Å²) in [5, 5.41) is 3.83. The molecule has 1 aromatic heterocycles. The first-order valence-electron chi connectivity index (χ1n) is 9.59. The molecule has 1 N–H and O–H groups in total. The van der Waals surface area contributed by atoms with Crippen LogP contribution in [-0.2, 0) is 9.53 Å². The van der Waals surface area contributed by atoms with Gasteiger partial charge in [0.05, 0.1) is 10.7 Å². The Morgan fingerprint density at radius 3 is 2.48 bits per heavy atom. The number of aromatic nitrogens is 1. The Balaban J connectivity index is 1.65. The van der Waals surface area contributed by atoms with E-state index in [-0.39, 0.29) is 11.9 Å². The molecule has 1 aromatic carbocycles. The fourth-order valence-corrected chi connectivity index (χ4v) is 4.19. The molecule has 0 unspecified atom stereocenters. The topological polar surface area (TPSA) is 68.3 Å². The van der Waals surface area contributed by atoms with Crippen molar-refractivity contribution in [1.29, 1.82) is 0 Å². The van der Waals surface area contributed by atoms with Gasteiger partial charge in [-0.3, -0.25) is 4.79 Å². The quantitative estimate of drug-likeness (QED) is 0.607. The number of esters is 1. The van der Waals surface area contributed by atoms with Crippen molar-refractivity contribution in [3.05, 3.63) is 40.2 Å². The van der Waals surface area contributed by atoms with Gasteiger partial charge in [-0.1, -0.05) is 56.0 Å². The second kappa shape index (κ2) is 9.13. The van der Waals surface area contributed by atoms with E-state index in [2.05, 4.69) is 10.3 Å². The lowest BCUT2D eigenvalue weighted by Gasteiger charge is -2.19. The van der Waals surface area contributed by atoms with Crippen LogP contribution >= 0.6 is 11.3 Å². The highest BCUT2D eigenvalue weighted by molar-refractivity contribution is 7.14. The van der Waals surface area contributed by atoms with Crippen molar-refractivity contribution in [2.75, 3.05) is 0 Å². The smallest absolute Gasteiger partial charge is 0.351 e. The summed E-state index contributed by atoms with van der Waals surface area (Å²) in [6, 6.07) is 9.73. The zero-order valence-corrected chi connectivity index (χ0v) is 16.7. The Kier molecular flexibility index (Phi) is 6.61. The van der Waals surface area contributed by atoms with Crippen LogP contribution in [0.5, 0.6) is 0 Å². The second-order valence-electron chi connectivity index (χ2n) is 7.02. The van der Waals surface area contributed by atoms with Crippen molar-refractivity contribution in [1.82, 2.24) is 10.3 Å². The summed E-state index contributed by atoms with van der Waals surface area (Å²) in [5.41, 5.74) is 1.48. The summed E-state index contributed by atoms with van der Waals surface area (Å²) in [4.78, 5) is 30.0. The number of hydrogen-bond donors (Lipinski definition) is 1. The Morgan fingerprint density at radius 2 is 1.81 bits per heavy atom. The van der Waals surface area contributed by atoms with Crippen LogP contribution in [0, 0.1) is 6.92 Å². The van der Waals surface area contributed by atoms with Gasteiger partial charge < -0.3 is 10.1 Å². The molecule has 0 aliphatic heterocycles. The molecule has 1 amide bonds. The number of nitrogens with one attached hydrogen (secondary N) is 1. The number of benzene rings is 1. The molecule has 3 rings (SSSR count). The standard InChI is InChI=1S/C21H26N2O3S/c1-14(20(24)23-17-12-8-3-4-9-13-17)26-21(25)19-18(22-15(2)27-19)16-10-6-5-7-11-16/h5-7,10-11,14,17H,3-4,8-9,12-13H2,1-2H3,(H,23,24)/t14-/m0/s1. The largest absolute Gasteiger partial charge is 0.448 e. The molecule has 6 heteroatoms. The maximum absolute atomic E-state index is 12.7. The summed E-state index contributed by atoms with van der Waals surface area (Å²) in [7, 11) is 0. The lowest BCUT2D eigenvalue weighted by atomic mass is 10.1. The molecule has 5 nitrogen and oxygen atoms in total. The van der Waals surface area contributed by atoms with Crippen molar-refractivity contribution in [2.45, 2.75) is 64.5 Å². The first kappa shape index (κ1) is 19.5. The Labute approximate surface area is 164 Å². The SMILES string of the molecule is Cc1nc(-c2ccccc2)c(C(=O)O[C@@H](C)C(=O)NC2CCCCCC2)s1. The van der Waals surface area contributed by atoms with E-state index in [1.807, 2.05) is 37.3 Å². The van der Waals surface area contributed by atoms with E-state index < -0.39 is 12.1 Å². The minimum atomic E-state index is -0.827. The van der Waals surface area contributed by atoms with Crippen LogP contribution in [0.15, 0.2) is 30.3 Å². The number of aryl methyl sites for hydroxylation is 1. The molecule has 0 bridgehead atoms. The van der Waals surface area contributed by atoms with Gasteiger partial charge in [-0.15, -0.1) is 11.3 Å². The summed E-state index contributed by atoms with van der Waals surface area (Å²) >= 11 is 1.29. The first-order chi connectivity index (χ1) is 13.0. The van der Waals surface area contributed by atoms with E-state index in [9.17, 15) is 9.59 Å². The van der Waals surface area contributed by atoms with E-state index in [1.54, 1.807) is 6.92 Å². The van der Waals surface area contributed by atoms with E-state index >= 15 is 0 Å². The molecule has 1 heterocycles. The maximum Gasteiger partial charge on any atom is 0.351 e. The average molecular weight is 387 g/mol. The molecular weight excluding hydrogens is 360 g/mol. The van der Waals surface area contributed by atoms with Crippen LogP contribution in [0.25, 0.3) is 11.3 Å². The van der Waals surface area contributed by atoms with Gasteiger partial charge in [-0.25, -0.2) is 9.78 Å². The number of carbonyl (C=O) groups is 2. The zero-order chi connectivity index (χ0) is 19.2. The number of hydrogen-bond acceptors (Lipinski definition) is 5. The van der Waals surface area contributed by atoms with Gasteiger partial charge in [0.25, 0.3) is 5.91 Å². The summed E-state index contributed by atoms with van der Waals surface area (Å²) in [6.07, 6.45) is 5.90. The summed E-state index contributed by atoms with van der Waals surface area (Å²) in [6.45, 7) is 3.48. The molecule has 1 aliphatic rings. The lowest BCUT2D eigenvalue weighted by molar-refractivity contribution is -0.129. The molecule has 1 saturated carbocycles. The minimum absolute atomic E-state index is 0.187. The minimum Gasteiger partial charge on any atom is -0.448 e. The van der Waals surface area contributed by atoms with Gasteiger partial charge in [-0.05, 0) is 26.7 Å². The molecule has 2 aromatic rings. The number of amides is 1. The number of carbonyl (C=O) groups excluding carboxylic acids is 2. The zero-order valence-electron chi connectivity index (χ0n) is 15.9. The molecular formula is C21H26N2O3S. The Morgan fingerprint density at radius 1 is 1.15 bits per heavy atom. The van der Waals surface area contributed by atoms with Crippen molar-refractivity contribution in [3.8, 4) is 11.3 Å². The van der Waals surface area contributed by atoms with E-state index in [4.69, 9.17) is 4.74 Å². The molecule has 0 spiro atoms. The monoisotopic (exact) mass is 386 g/mol. The molecule has 1 fully saturated rings. The number of thiazole rings is 1. The number of nitrogens with zero attached hydrogens (tertiary/aromatic N) is 1. The van der Waals surface area contributed by atoms with Crippen LogP contribution in [-0.4, -0.2) is 29.0 Å². The average Bonchev–Trinajstić information content (AvgIpc) is 2.88. The third-order valence-corrected chi connectivity index (χ3v) is 5.77. The Bertz CT molecular complexity index is 780. The van der Waals surface area contributed by atoms with Crippen molar-refractivity contribution < 1.29 is 14.3 Å². The molecule has 0 radical (unpaired) electrons. The molecule has 0 saturated heterocycles. The number of rotatable bonds is 5. The molecule has 1 aliphatic carbocycles. The molecule has 27 heavy (non-hydrogen) atoms. The maximum atomic E-state index is 12.7. The van der Waals surface area contributed by atoms with Gasteiger partial charge in [0, 0.05) is 11.6 Å². The highest BCUT2D eigenvalue weighted by Gasteiger charge is 2.25. The van der Waals surface area contributed by atoms with Crippen molar-refractivity contribution >= 4 is 23.2 Å². The van der Waals surface area contributed by atoms with E-state index in [0.717, 1.165) is 36.3 Å². The van der Waals surface area contributed by atoms with Crippen LogP contribution in [0.2, 0.25) is 0 Å². The van der Waals surface area contributed by atoms with Gasteiger partial charge in [0.15, 0.2) is 6.10 Å². The first-order valence-corrected chi connectivity index (χ1v) is 10.4. The fraction of sp³-hybridized carbons (Fsp3) is 0.476. The van der Waals surface area contributed by atoms with Crippen LogP contribution in [0.1, 0.15) is 60.1 Å². The summed E-state index contributed by atoms with van der Waals surface area (Å²) in [5.74, 6) is -0.722. The highest BCUT2D eigenvalue weighted by Crippen LogP contribution is 2.29. The second-order valence-corrected chi connectivity index (χ2v) is 8.22. The molecule has 1 atom stereocenters. The molecule has 144 valence electrons. The van der Waals surface area contributed by atoms with Gasteiger partial charge in [-0.2, -0.15) is 0 Å². The normalized spacial score (nSPS) is 16.4. The fourth-order valence-electron chi connectivity index (χ4n) is 3.37. The van der Waals surface area contributed by atoms with Gasteiger partial charge >= 0.3 is 5.97 Å². The summed E-state index contributed by atoms with van der Waals surface area (Å²) < 4.78 is 5.47. The van der Waals surface area contributed by atoms with Gasteiger partial charge in [0.2, 0.25) is 0 Å². The number of ether oxygens (including phenoxy) is 1. The predicted molar refractivity (Wildman–Crippen MR) is 107 cm³/mol. The van der Waals surface area contributed by atoms with E-state index in [0.29, 0.717) is 10.6 Å². The third-order valence-electron chi connectivity index (χ3n) is 4.82. The Hall–Kier alpha value is -2.21. The lowest BCUT2D eigenvalue weighted by Crippen LogP contribution is -2.41. The van der Waals surface area contributed by atoms with Gasteiger partial charge in [0.1, 0.15) is 4.88 Å². The highest BCUT2D eigenvalue weighted by atomic mass is 32.1. The van der Waals surface area contributed by atoms with Crippen LogP contribution in [0.3, 0.4) is 0 Å². The van der Waals surface area contributed by atoms with E-state index in [1.165, 1.54) is 24.2 Å². The predicted octanol–water partition coefficient (Wildman–Crippen LogP) is 4.50. The van der Waals surface area contributed by atoms with Crippen LogP contribution in [0.4, 0.5) is 0 Å². The van der Waals surface area contributed by atoms with Crippen molar-refractivity contribution in [2.24, 2.45) is 0 Å².